The monoisotopic (exact) mass is 444 g/mol. The summed E-state index contributed by atoms with van der Waals surface area (Å²) in [5.41, 5.74) is 1.19. The first kappa shape index (κ1) is 21.5. The van der Waals surface area contributed by atoms with Gasteiger partial charge in [-0.3, -0.25) is 14.5 Å². The Kier molecular flexibility index (Phi) is 6.63. The lowest BCUT2D eigenvalue weighted by atomic mass is 9.88. The number of ether oxygens (including phenoxy) is 3. The molecule has 1 saturated heterocycles. The summed E-state index contributed by atoms with van der Waals surface area (Å²) in [4.78, 5) is 27.5. The van der Waals surface area contributed by atoms with Crippen LogP contribution in [0.1, 0.15) is 23.2 Å². The van der Waals surface area contributed by atoms with Gasteiger partial charge in [-0.2, -0.15) is 0 Å². The predicted molar refractivity (Wildman–Crippen MR) is 118 cm³/mol. The number of rotatable bonds is 6. The maximum atomic E-state index is 12.9. The van der Waals surface area contributed by atoms with Crippen molar-refractivity contribution >= 4 is 29.0 Å². The molecule has 164 valence electrons. The molecule has 0 atom stereocenters. The van der Waals surface area contributed by atoms with E-state index in [1.807, 2.05) is 0 Å². The molecule has 0 aliphatic carbocycles. The number of halogens is 1. The third-order valence-electron chi connectivity index (χ3n) is 5.59. The molecule has 31 heavy (non-hydrogen) atoms. The number of carbonyl (C=O) groups excluding carboxylic acids is 2. The zero-order valence-corrected chi connectivity index (χ0v) is 18.1. The third kappa shape index (κ3) is 5.11. The van der Waals surface area contributed by atoms with Crippen LogP contribution in [0.2, 0.25) is 5.02 Å². The maximum absolute atomic E-state index is 12.9. The van der Waals surface area contributed by atoms with Crippen LogP contribution in [0.3, 0.4) is 0 Å². The van der Waals surface area contributed by atoms with E-state index in [9.17, 15) is 9.59 Å². The number of likely N-dealkylation sites (tertiary alicyclic amines) is 1. The fraction of sp³-hybridized carbons (Fsp3) is 0.391. The first-order chi connectivity index (χ1) is 15.0. The Morgan fingerprint density at radius 1 is 1.10 bits per heavy atom. The Hall–Kier alpha value is -2.77. The van der Waals surface area contributed by atoms with Crippen LogP contribution in [0.5, 0.6) is 17.2 Å². The van der Waals surface area contributed by atoms with Crippen LogP contribution in [0.4, 0.5) is 5.69 Å². The molecule has 0 radical (unpaired) electrons. The molecule has 2 heterocycles. The summed E-state index contributed by atoms with van der Waals surface area (Å²) in [6.07, 6.45) is 1.42. The highest BCUT2D eigenvalue weighted by atomic mass is 35.5. The minimum Gasteiger partial charge on any atom is -0.495 e. The molecule has 2 aromatic carbocycles. The molecular weight excluding hydrogens is 420 g/mol. The van der Waals surface area contributed by atoms with Crippen molar-refractivity contribution in [2.45, 2.75) is 12.8 Å². The summed E-state index contributed by atoms with van der Waals surface area (Å²) in [5.74, 6) is 1.78. The van der Waals surface area contributed by atoms with E-state index < -0.39 is 0 Å². The number of nitrogens with one attached hydrogen (secondary N) is 1. The van der Waals surface area contributed by atoms with Crippen molar-refractivity contribution in [1.29, 1.82) is 0 Å². The minimum absolute atomic E-state index is 0.0603. The van der Waals surface area contributed by atoms with Crippen molar-refractivity contribution in [1.82, 2.24) is 4.90 Å². The Labute approximate surface area is 186 Å². The molecule has 0 spiro atoms. The van der Waals surface area contributed by atoms with E-state index in [4.69, 9.17) is 25.8 Å². The van der Waals surface area contributed by atoms with Crippen LogP contribution in [0.25, 0.3) is 0 Å². The third-order valence-corrected chi connectivity index (χ3v) is 5.82. The second-order valence-corrected chi connectivity index (χ2v) is 8.10. The standard InChI is InChI=1S/C23H25ClN2O5/c1-29-19-5-3-17(24)13-18(19)25-22(27)14-26-8-6-15(7-9-26)23(28)16-2-4-20-21(12-16)31-11-10-30-20/h2-5,12-13,15H,6-11,14H2,1H3,(H,25,27). The van der Waals surface area contributed by atoms with Gasteiger partial charge in [0, 0.05) is 16.5 Å². The summed E-state index contributed by atoms with van der Waals surface area (Å²) < 4.78 is 16.4. The minimum atomic E-state index is -0.142. The summed E-state index contributed by atoms with van der Waals surface area (Å²) in [7, 11) is 1.54. The number of carbonyl (C=O) groups is 2. The van der Waals surface area contributed by atoms with Crippen LogP contribution in [-0.4, -0.2) is 56.5 Å². The van der Waals surface area contributed by atoms with Gasteiger partial charge < -0.3 is 19.5 Å². The van der Waals surface area contributed by atoms with Crippen LogP contribution in [-0.2, 0) is 4.79 Å². The van der Waals surface area contributed by atoms with Crippen molar-refractivity contribution in [3.8, 4) is 17.2 Å². The number of hydrogen-bond acceptors (Lipinski definition) is 6. The number of amides is 1. The Morgan fingerprint density at radius 3 is 2.58 bits per heavy atom. The Balaban J connectivity index is 1.30. The second kappa shape index (κ2) is 9.58. The molecule has 0 aromatic heterocycles. The van der Waals surface area contributed by atoms with Crippen LogP contribution in [0.15, 0.2) is 36.4 Å². The average Bonchev–Trinajstić information content (AvgIpc) is 2.79. The fourth-order valence-electron chi connectivity index (χ4n) is 3.96. The molecule has 8 heteroatoms. The highest BCUT2D eigenvalue weighted by molar-refractivity contribution is 6.31. The summed E-state index contributed by atoms with van der Waals surface area (Å²) in [6, 6.07) is 10.5. The smallest absolute Gasteiger partial charge is 0.238 e. The lowest BCUT2D eigenvalue weighted by molar-refractivity contribution is -0.117. The molecule has 4 rings (SSSR count). The van der Waals surface area contributed by atoms with Crippen molar-refractivity contribution in [2.24, 2.45) is 5.92 Å². The summed E-state index contributed by atoms with van der Waals surface area (Å²) in [6.45, 7) is 2.63. The first-order valence-corrected chi connectivity index (χ1v) is 10.7. The maximum Gasteiger partial charge on any atom is 0.238 e. The lowest BCUT2D eigenvalue weighted by Gasteiger charge is -2.31. The van der Waals surface area contributed by atoms with E-state index in [0.717, 1.165) is 0 Å². The van der Waals surface area contributed by atoms with E-state index in [1.54, 1.807) is 43.5 Å². The van der Waals surface area contributed by atoms with Crippen LogP contribution < -0.4 is 19.5 Å². The largest absolute Gasteiger partial charge is 0.495 e. The molecule has 0 bridgehead atoms. The molecule has 1 amide bonds. The second-order valence-electron chi connectivity index (χ2n) is 7.67. The van der Waals surface area contributed by atoms with E-state index in [2.05, 4.69) is 10.2 Å². The number of hydrogen-bond donors (Lipinski definition) is 1. The molecule has 1 fully saturated rings. The number of piperidine rings is 1. The average molecular weight is 445 g/mol. The first-order valence-electron chi connectivity index (χ1n) is 10.3. The predicted octanol–water partition coefficient (Wildman–Crippen LogP) is 3.65. The van der Waals surface area contributed by atoms with Crippen molar-refractivity contribution in [3.63, 3.8) is 0 Å². The van der Waals surface area contributed by atoms with Crippen LogP contribution in [0, 0.1) is 5.92 Å². The van der Waals surface area contributed by atoms with Crippen molar-refractivity contribution in [3.05, 3.63) is 47.0 Å². The molecule has 2 aliphatic rings. The number of benzene rings is 2. The van der Waals surface area contributed by atoms with Gasteiger partial charge in [0.15, 0.2) is 17.3 Å². The number of fused-ring (bicyclic) bond motifs is 1. The number of ketones is 1. The Morgan fingerprint density at radius 2 is 1.84 bits per heavy atom. The molecule has 0 unspecified atom stereocenters. The highest BCUT2D eigenvalue weighted by Crippen LogP contribution is 2.33. The van der Waals surface area contributed by atoms with Crippen molar-refractivity contribution < 1.29 is 23.8 Å². The lowest BCUT2D eigenvalue weighted by Crippen LogP contribution is -2.40. The summed E-state index contributed by atoms with van der Waals surface area (Å²) in [5, 5.41) is 3.38. The number of Topliss-reactive ketones (excluding diaryl/α,β-unsaturated/α-hetero) is 1. The van der Waals surface area contributed by atoms with Crippen LogP contribution >= 0.6 is 11.6 Å². The van der Waals surface area contributed by atoms with Gasteiger partial charge in [0.1, 0.15) is 19.0 Å². The zero-order chi connectivity index (χ0) is 21.8. The van der Waals surface area contributed by atoms with Gasteiger partial charge >= 0.3 is 0 Å². The zero-order valence-electron chi connectivity index (χ0n) is 17.4. The highest BCUT2D eigenvalue weighted by Gasteiger charge is 2.27. The normalized spacial score (nSPS) is 16.6. The molecule has 2 aliphatic heterocycles. The number of anilines is 1. The SMILES string of the molecule is COc1ccc(Cl)cc1NC(=O)CN1CCC(C(=O)c2ccc3c(c2)OCCO3)CC1. The van der Waals surface area contributed by atoms with Gasteiger partial charge in [-0.15, -0.1) is 0 Å². The molecule has 2 aromatic rings. The van der Waals surface area contributed by atoms with Gasteiger partial charge in [0.2, 0.25) is 5.91 Å². The Bertz CT molecular complexity index is 972. The molecule has 0 saturated carbocycles. The van der Waals surface area contributed by atoms with Gasteiger partial charge in [0.25, 0.3) is 0 Å². The van der Waals surface area contributed by atoms with E-state index in [0.29, 0.717) is 72.7 Å². The van der Waals surface area contributed by atoms with E-state index in [1.165, 1.54) is 0 Å². The van der Waals surface area contributed by atoms with Gasteiger partial charge in [-0.25, -0.2) is 0 Å². The van der Waals surface area contributed by atoms with E-state index in [-0.39, 0.29) is 24.2 Å². The number of methoxy groups -OCH3 is 1. The molecule has 7 nitrogen and oxygen atoms in total. The van der Waals surface area contributed by atoms with Gasteiger partial charge in [-0.05, 0) is 62.3 Å². The molecular formula is C23H25ClN2O5. The van der Waals surface area contributed by atoms with Gasteiger partial charge in [-0.1, -0.05) is 11.6 Å². The quantitative estimate of drug-likeness (QED) is 0.685. The summed E-state index contributed by atoms with van der Waals surface area (Å²) >= 11 is 6.02. The number of nitrogens with zero attached hydrogens (tertiary/aromatic N) is 1. The van der Waals surface area contributed by atoms with Gasteiger partial charge in [0.05, 0.1) is 19.3 Å². The fourth-order valence-corrected chi connectivity index (χ4v) is 4.13. The topological polar surface area (TPSA) is 77.1 Å². The molecule has 1 N–H and O–H groups in total. The van der Waals surface area contributed by atoms with Crippen molar-refractivity contribution in [2.75, 3.05) is 45.3 Å². The van der Waals surface area contributed by atoms with E-state index >= 15 is 0 Å².